The minimum Gasteiger partial charge on any atom is -0.437 e. The molecule has 0 unspecified atom stereocenters. The predicted octanol–water partition coefficient (Wildman–Crippen LogP) is 5.17. The lowest BCUT2D eigenvalue weighted by atomic mass is 10.1. The van der Waals surface area contributed by atoms with Gasteiger partial charge in [-0.2, -0.15) is 18.4 Å². The van der Waals surface area contributed by atoms with Crippen molar-refractivity contribution < 1.29 is 27.5 Å². The third-order valence-corrected chi connectivity index (χ3v) is 4.73. The van der Waals surface area contributed by atoms with Gasteiger partial charge in [-0.3, -0.25) is 9.63 Å². The van der Waals surface area contributed by atoms with Gasteiger partial charge in [-0.05, 0) is 42.0 Å². The van der Waals surface area contributed by atoms with Crippen LogP contribution in [0.2, 0.25) is 0 Å². The van der Waals surface area contributed by atoms with Crippen molar-refractivity contribution in [3.8, 4) is 17.7 Å². The fourth-order valence-corrected chi connectivity index (χ4v) is 3.09. The summed E-state index contributed by atoms with van der Waals surface area (Å²) in [4.78, 5) is 18.3. The van der Waals surface area contributed by atoms with Crippen molar-refractivity contribution in [2.24, 2.45) is 0 Å². The van der Waals surface area contributed by atoms with Gasteiger partial charge in [0.1, 0.15) is 11.3 Å². The van der Waals surface area contributed by atoms with Crippen LogP contribution in [0.4, 0.5) is 13.2 Å². The van der Waals surface area contributed by atoms with E-state index in [0.29, 0.717) is 22.0 Å². The number of nitrogens with one attached hydrogen (secondary N) is 1. The average molecular weight is 464 g/mol. The second-order valence-corrected chi connectivity index (χ2v) is 7.05. The van der Waals surface area contributed by atoms with E-state index in [1.54, 1.807) is 48.5 Å². The molecule has 7 nitrogen and oxygen atoms in total. The maximum absolute atomic E-state index is 13.1. The largest absolute Gasteiger partial charge is 0.437 e. The third-order valence-electron chi connectivity index (χ3n) is 4.73. The Morgan fingerprint density at radius 3 is 2.50 bits per heavy atom. The molecule has 0 atom stereocenters. The normalized spacial score (nSPS) is 11.1. The number of nitriles is 1. The second-order valence-electron chi connectivity index (χ2n) is 7.05. The zero-order chi connectivity index (χ0) is 24.1. The topological polar surface area (TPSA) is 97.1 Å². The van der Waals surface area contributed by atoms with E-state index in [0.717, 1.165) is 12.1 Å². The molecule has 0 aliphatic heterocycles. The van der Waals surface area contributed by atoms with Crippen molar-refractivity contribution in [1.29, 1.82) is 5.26 Å². The number of hydroxylamine groups is 1. The van der Waals surface area contributed by atoms with Crippen LogP contribution in [0.5, 0.6) is 11.6 Å². The number of fused-ring (bicyclic) bond motifs is 1. The van der Waals surface area contributed by atoms with Crippen LogP contribution in [-0.4, -0.2) is 16.1 Å². The lowest BCUT2D eigenvalue weighted by molar-refractivity contribution is -0.137. The van der Waals surface area contributed by atoms with Crippen LogP contribution in [0.15, 0.2) is 72.8 Å². The number of carbonyl (C=O) groups is 1. The highest BCUT2D eigenvalue weighted by molar-refractivity contribution is 6.07. The molecule has 1 heterocycles. The molecule has 0 saturated carbocycles. The van der Waals surface area contributed by atoms with Gasteiger partial charge in [0, 0.05) is 5.39 Å². The molecule has 0 radical (unpaired) electrons. The van der Waals surface area contributed by atoms with E-state index in [2.05, 4.69) is 15.7 Å². The summed E-state index contributed by atoms with van der Waals surface area (Å²) in [5.41, 5.74) is 2.91. The lowest BCUT2D eigenvalue weighted by Gasteiger charge is -2.13. The molecule has 4 rings (SSSR count). The molecule has 1 aromatic heterocycles. The van der Waals surface area contributed by atoms with Crippen molar-refractivity contribution in [2.45, 2.75) is 12.8 Å². The standard InChI is InChI=1S/C24H15F3N4O3/c25-24(26,27)17-4-3-5-18(12-17)34-23-21(19-6-1-2-7-20(19)29-30-23)22(32)31-33-14-16-10-8-15(13-28)9-11-16/h1-12H,14H2,(H,31,32). The Kier molecular flexibility index (Phi) is 6.38. The number of ether oxygens (including phenoxy) is 1. The Hall–Kier alpha value is -4.49. The van der Waals surface area contributed by atoms with Crippen LogP contribution in [0.3, 0.4) is 0 Å². The molecule has 10 heteroatoms. The fourth-order valence-electron chi connectivity index (χ4n) is 3.09. The van der Waals surface area contributed by atoms with Crippen LogP contribution < -0.4 is 10.2 Å². The van der Waals surface area contributed by atoms with Crippen molar-refractivity contribution in [3.05, 3.63) is 95.1 Å². The third kappa shape index (κ3) is 5.11. The van der Waals surface area contributed by atoms with E-state index in [1.165, 1.54) is 12.1 Å². The molecule has 170 valence electrons. The van der Waals surface area contributed by atoms with Crippen molar-refractivity contribution in [3.63, 3.8) is 0 Å². The number of benzene rings is 3. The van der Waals surface area contributed by atoms with E-state index < -0.39 is 17.6 Å². The molecule has 4 aromatic rings. The van der Waals surface area contributed by atoms with Crippen LogP contribution in [0.25, 0.3) is 10.9 Å². The zero-order valence-corrected chi connectivity index (χ0v) is 17.3. The summed E-state index contributed by atoms with van der Waals surface area (Å²) in [6, 6.07) is 19.4. The number of aromatic nitrogens is 2. The number of hydrogen-bond acceptors (Lipinski definition) is 6. The lowest BCUT2D eigenvalue weighted by Crippen LogP contribution is -2.25. The Bertz CT molecular complexity index is 1380. The first-order chi connectivity index (χ1) is 16.3. The number of amides is 1. The Morgan fingerprint density at radius 1 is 1.00 bits per heavy atom. The van der Waals surface area contributed by atoms with Crippen molar-refractivity contribution in [2.75, 3.05) is 0 Å². The van der Waals surface area contributed by atoms with E-state index >= 15 is 0 Å². The highest BCUT2D eigenvalue weighted by atomic mass is 19.4. The van der Waals surface area contributed by atoms with Gasteiger partial charge >= 0.3 is 6.18 Å². The number of carbonyl (C=O) groups excluding carboxylic acids is 1. The monoisotopic (exact) mass is 464 g/mol. The van der Waals surface area contributed by atoms with E-state index in [1.807, 2.05) is 6.07 Å². The number of rotatable bonds is 6. The Labute approximate surface area is 191 Å². The first kappa shape index (κ1) is 22.7. The van der Waals surface area contributed by atoms with Crippen LogP contribution in [0, 0.1) is 11.3 Å². The molecular weight excluding hydrogens is 449 g/mol. The fraction of sp³-hybridized carbons (Fsp3) is 0.0833. The molecule has 0 saturated heterocycles. The molecule has 0 aliphatic carbocycles. The number of nitrogens with zero attached hydrogens (tertiary/aromatic N) is 3. The first-order valence-electron chi connectivity index (χ1n) is 9.87. The zero-order valence-electron chi connectivity index (χ0n) is 17.3. The summed E-state index contributed by atoms with van der Waals surface area (Å²) >= 11 is 0. The van der Waals surface area contributed by atoms with Gasteiger partial charge in [-0.15, -0.1) is 10.2 Å². The summed E-state index contributed by atoms with van der Waals surface area (Å²) in [7, 11) is 0. The second kappa shape index (κ2) is 9.56. The van der Waals surface area contributed by atoms with Gasteiger partial charge < -0.3 is 4.74 Å². The molecule has 3 aromatic carbocycles. The molecule has 0 aliphatic rings. The molecule has 34 heavy (non-hydrogen) atoms. The van der Waals surface area contributed by atoms with Gasteiger partial charge in [0.05, 0.1) is 29.3 Å². The summed E-state index contributed by atoms with van der Waals surface area (Å²) < 4.78 is 44.7. The average Bonchev–Trinajstić information content (AvgIpc) is 2.84. The van der Waals surface area contributed by atoms with Crippen LogP contribution in [-0.2, 0) is 17.6 Å². The summed E-state index contributed by atoms with van der Waals surface area (Å²) in [5.74, 6) is -1.16. The molecule has 0 spiro atoms. The molecule has 0 bridgehead atoms. The maximum atomic E-state index is 13.1. The van der Waals surface area contributed by atoms with Crippen LogP contribution in [0.1, 0.15) is 27.0 Å². The van der Waals surface area contributed by atoms with E-state index in [4.69, 9.17) is 14.8 Å². The van der Waals surface area contributed by atoms with Crippen molar-refractivity contribution in [1.82, 2.24) is 15.7 Å². The van der Waals surface area contributed by atoms with Gasteiger partial charge in [0.15, 0.2) is 0 Å². The molecule has 0 fully saturated rings. The minimum absolute atomic E-state index is 0.0116. The first-order valence-corrected chi connectivity index (χ1v) is 9.87. The SMILES string of the molecule is N#Cc1ccc(CONC(=O)c2c(Oc3cccc(C(F)(F)F)c3)nnc3ccccc23)cc1. The predicted molar refractivity (Wildman–Crippen MR) is 114 cm³/mol. The Balaban J connectivity index is 1.59. The van der Waals surface area contributed by atoms with Crippen LogP contribution >= 0.6 is 0 Å². The Morgan fingerprint density at radius 2 is 1.76 bits per heavy atom. The van der Waals surface area contributed by atoms with Gasteiger partial charge in [0.2, 0.25) is 0 Å². The number of alkyl halides is 3. The van der Waals surface area contributed by atoms with Gasteiger partial charge in [-0.25, -0.2) is 5.48 Å². The summed E-state index contributed by atoms with van der Waals surface area (Å²) in [6.45, 7) is 0.0116. The van der Waals surface area contributed by atoms with Crippen molar-refractivity contribution >= 4 is 16.8 Å². The number of halogens is 3. The number of hydrogen-bond donors (Lipinski definition) is 1. The molecule has 1 amide bonds. The highest BCUT2D eigenvalue weighted by Gasteiger charge is 2.31. The summed E-state index contributed by atoms with van der Waals surface area (Å²) in [6.07, 6.45) is -4.56. The highest BCUT2D eigenvalue weighted by Crippen LogP contribution is 2.34. The van der Waals surface area contributed by atoms with E-state index in [9.17, 15) is 18.0 Å². The molecular formula is C24H15F3N4O3. The molecule has 1 N–H and O–H groups in total. The minimum atomic E-state index is -4.56. The van der Waals surface area contributed by atoms with Gasteiger partial charge in [0.25, 0.3) is 11.8 Å². The quantitative estimate of drug-likeness (QED) is 0.395. The maximum Gasteiger partial charge on any atom is 0.416 e. The smallest absolute Gasteiger partial charge is 0.416 e. The van der Waals surface area contributed by atoms with Gasteiger partial charge in [-0.1, -0.05) is 36.4 Å². The van der Waals surface area contributed by atoms with E-state index in [-0.39, 0.29) is 23.8 Å². The summed E-state index contributed by atoms with van der Waals surface area (Å²) in [5, 5.41) is 17.1.